The molecule has 0 aliphatic carbocycles. The normalized spacial score (nSPS) is 11.4. The van der Waals surface area contributed by atoms with Gasteiger partial charge in [0.15, 0.2) is 5.58 Å². The summed E-state index contributed by atoms with van der Waals surface area (Å²) in [7, 11) is 0. The topological polar surface area (TPSA) is 42.4 Å². The first-order chi connectivity index (χ1) is 26.2. The molecule has 4 heteroatoms. The fourth-order valence-corrected chi connectivity index (χ4v) is 7.30. The quantitative estimate of drug-likeness (QED) is 0.168. The fourth-order valence-electron chi connectivity index (χ4n) is 7.30. The van der Waals surface area contributed by atoms with E-state index in [9.17, 15) is 0 Å². The number of nitrogens with zero attached hydrogens (tertiary/aromatic N) is 2. The van der Waals surface area contributed by atoms with Crippen molar-refractivity contribution in [1.29, 1.82) is 0 Å². The summed E-state index contributed by atoms with van der Waals surface area (Å²) >= 11 is 0. The molecule has 0 bridgehead atoms. The molecule has 0 atom stereocenters. The van der Waals surface area contributed by atoms with Gasteiger partial charge in [-0.1, -0.05) is 127 Å². The summed E-state index contributed by atoms with van der Waals surface area (Å²) in [6.07, 6.45) is 0. The van der Waals surface area contributed by atoms with Gasteiger partial charge < -0.3 is 13.7 Å². The zero-order valence-corrected chi connectivity index (χ0v) is 28.7. The van der Waals surface area contributed by atoms with Gasteiger partial charge >= 0.3 is 0 Å². The van der Waals surface area contributed by atoms with Gasteiger partial charge in [0.1, 0.15) is 16.7 Å². The van der Waals surface area contributed by atoms with Gasteiger partial charge in [-0.2, -0.15) is 0 Å². The minimum Gasteiger partial charge on any atom is -0.456 e. The maximum absolute atomic E-state index is 6.41. The molecule has 0 fully saturated rings. The molecule has 53 heavy (non-hydrogen) atoms. The summed E-state index contributed by atoms with van der Waals surface area (Å²) in [5.74, 6) is 0.599. The van der Waals surface area contributed by atoms with Crippen LogP contribution in [0.2, 0.25) is 0 Å². The van der Waals surface area contributed by atoms with E-state index in [1.165, 1.54) is 22.3 Å². The Morgan fingerprint density at radius 2 is 0.849 bits per heavy atom. The van der Waals surface area contributed by atoms with E-state index < -0.39 is 0 Å². The minimum atomic E-state index is 0.599. The molecule has 2 aromatic heterocycles. The Hall–Kier alpha value is -7.17. The molecule has 0 aliphatic heterocycles. The molecular weight excluding hydrogens is 649 g/mol. The van der Waals surface area contributed by atoms with Crippen molar-refractivity contribution < 1.29 is 8.83 Å². The summed E-state index contributed by atoms with van der Waals surface area (Å²) < 4.78 is 12.7. The second kappa shape index (κ2) is 12.9. The lowest BCUT2D eigenvalue weighted by atomic mass is 9.98. The molecule has 0 N–H and O–H groups in total. The minimum absolute atomic E-state index is 0.599. The first-order valence-corrected chi connectivity index (χ1v) is 17.8. The molecule has 0 radical (unpaired) electrons. The summed E-state index contributed by atoms with van der Waals surface area (Å²) in [5.41, 5.74) is 14.3. The number of anilines is 3. The van der Waals surface area contributed by atoms with Crippen LogP contribution >= 0.6 is 0 Å². The number of hydrogen-bond acceptors (Lipinski definition) is 4. The standard InChI is InChI=1S/C49H32N2O2/c1-4-11-33(12-5-1)35-19-25-39(26-20-35)51(40-27-21-36(22-28-40)34-13-6-2-7-14-34)41-29-23-37(24-30-41)42-17-10-18-45-48(42)43-31-47-44(32-46(43)52-45)50-49(53-47)38-15-8-3-9-16-38/h1-32H. The number of hydrogen-bond donors (Lipinski definition) is 0. The second-order valence-electron chi connectivity index (χ2n) is 13.2. The number of oxazole rings is 1. The van der Waals surface area contributed by atoms with Gasteiger partial charge in [0, 0.05) is 39.5 Å². The van der Waals surface area contributed by atoms with E-state index in [2.05, 4.69) is 157 Å². The number of benzene rings is 8. The highest BCUT2D eigenvalue weighted by Crippen LogP contribution is 2.41. The Morgan fingerprint density at radius 3 is 1.40 bits per heavy atom. The molecule has 2 heterocycles. The average molecular weight is 681 g/mol. The zero-order chi connectivity index (χ0) is 35.1. The molecule has 0 aliphatic rings. The van der Waals surface area contributed by atoms with Crippen LogP contribution in [0.5, 0.6) is 0 Å². The molecule has 0 saturated heterocycles. The van der Waals surface area contributed by atoms with E-state index in [-0.39, 0.29) is 0 Å². The van der Waals surface area contributed by atoms with Crippen LogP contribution in [0.4, 0.5) is 17.1 Å². The van der Waals surface area contributed by atoms with Crippen molar-refractivity contribution >= 4 is 50.1 Å². The maximum atomic E-state index is 6.41. The lowest BCUT2D eigenvalue weighted by Crippen LogP contribution is -2.09. The Balaban J connectivity index is 1.04. The van der Waals surface area contributed by atoms with Crippen LogP contribution in [0.1, 0.15) is 0 Å². The van der Waals surface area contributed by atoms with E-state index in [1.807, 2.05) is 42.5 Å². The molecule has 0 saturated carbocycles. The van der Waals surface area contributed by atoms with E-state index in [0.29, 0.717) is 5.89 Å². The molecule has 10 rings (SSSR count). The van der Waals surface area contributed by atoms with Gasteiger partial charge in [-0.25, -0.2) is 4.98 Å². The van der Waals surface area contributed by atoms with Crippen molar-refractivity contribution in [3.63, 3.8) is 0 Å². The molecular formula is C49H32N2O2. The van der Waals surface area contributed by atoms with E-state index in [4.69, 9.17) is 13.8 Å². The fraction of sp³-hybridized carbons (Fsp3) is 0. The number of fused-ring (bicyclic) bond motifs is 4. The molecule has 0 spiro atoms. The van der Waals surface area contributed by atoms with Gasteiger partial charge in [0.05, 0.1) is 0 Å². The third-order valence-corrected chi connectivity index (χ3v) is 9.93. The summed E-state index contributed by atoms with van der Waals surface area (Å²) in [6.45, 7) is 0. The highest BCUT2D eigenvalue weighted by Gasteiger charge is 2.18. The lowest BCUT2D eigenvalue weighted by Gasteiger charge is -2.26. The largest absolute Gasteiger partial charge is 0.456 e. The van der Waals surface area contributed by atoms with E-state index in [1.54, 1.807) is 0 Å². The van der Waals surface area contributed by atoms with Crippen LogP contribution < -0.4 is 4.90 Å². The Kier molecular flexibility index (Phi) is 7.43. The van der Waals surface area contributed by atoms with Crippen LogP contribution in [-0.2, 0) is 0 Å². The summed E-state index contributed by atoms with van der Waals surface area (Å²) in [4.78, 5) is 7.08. The summed E-state index contributed by atoms with van der Waals surface area (Å²) in [5, 5.41) is 2.06. The predicted molar refractivity (Wildman–Crippen MR) is 218 cm³/mol. The highest BCUT2D eigenvalue weighted by molar-refractivity contribution is 6.15. The Morgan fingerprint density at radius 1 is 0.358 bits per heavy atom. The molecule has 8 aromatic carbocycles. The Bertz CT molecular complexity index is 2760. The van der Waals surface area contributed by atoms with Gasteiger partial charge in [-0.3, -0.25) is 0 Å². The lowest BCUT2D eigenvalue weighted by molar-refractivity contribution is 0.620. The van der Waals surface area contributed by atoms with Crippen molar-refractivity contribution in [2.45, 2.75) is 0 Å². The number of aromatic nitrogens is 1. The van der Waals surface area contributed by atoms with Crippen LogP contribution in [0, 0.1) is 0 Å². The first-order valence-electron chi connectivity index (χ1n) is 17.8. The summed E-state index contributed by atoms with van der Waals surface area (Å²) in [6, 6.07) is 67.7. The number of furan rings is 1. The number of rotatable bonds is 7. The van der Waals surface area contributed by atoms with Gasteiger partial charge in [0.25, 0.3) is 0 Å². The molecule has 0 unspecified atom stereocenters. The zero-order valence-electron chi connectivity index (χ0n) is 28.7. The van der Waals surface area contributed by atoms with Gasteiger partial charge in [-0.15, -0.1) is 0 Å². The Labute approximate surface area is 306 Å². The van der Waals surface area contributed by atoms with Crippen molar-refractivity contribution in [2.75, 3.05) is 4.90 Å². The van der Waals surface area contributed by atoms with Gasteiger partial charge in [-0.05, 0) is 94.0 Å². The molecule has 10 aromatic rings. The van der Waals surface area contributed by atoms with E-state index in [0.717, 1.165) is 66.8 Å². The maximum Gasteiger partial charge on any atom is 0.227 e. The monoisotopic (exact) mass is 680 g/mol. The van der Waals surface area contributed by atoms with Crippen molar-refractivity contribution in [3.8, 4) is 44.8 Å². The van der Waals surface area contributed by atoms with Crippen LogP contribution in [0.3, 0.4) is 0 Å². The SMILES string of the molecule is c1ccc(-c2ccc(N(c3ccc(-c4ccccc4)cc3)c3ccc(-c4cccc5oc6cc7nc(-c8ccccc8)oc7cc6c45)cc3)cc2)cc1. The van der Waals surface area contributed by atoms with Crippen molar-refractivity contribution in [1.82, 2.24) is 4.98 Å². The smallest absolute Gasteiger partial charge is 0.227 e. The second-order valence-corrected chi connectivity index (χ2v) is 13.2. The van der Waals surface area contributed by atoms with Crippen LogP contribution in [-0.4, -0.2) is 4.98 Å². The van der Waals surface area contributed by atoms with E-state index >= 15 is 0 Å². The van der Waals surface area contributed by atoms with Gasteiger partial charge in [0.2, 0.25) is 5.89 Å². The van der Waals surface area contributed by atoms with Crippen molar-refractivity contribution in [2.24, 2.45) is 0 Å². The average Bonchev–Trinajstić information content (AvgIpc) is 3.82. The predicted octanol–water partition coefficient (Wildman–Crippen LogP) is 13.9. The van der Waals surface area contributed by atoms with Crippen molar-refractivity contribution in [3.05, 3.63) is 194 Å². The third kappa shape index (κ3) is 5.63. The first kappa shape index (κ1) is 30.6. The highest BCUT2D eigenvalue weighted by atomic mass is 16.4. The third-order valence-electron chi connectivity index (χ3n) is 9.93. The van der Waals surface area contributed by atoms with Crippen LogP contribution in [0.15, 0.2) is 203 Å². The molecule has 250 valence electrons. The molecule has 4 nitrogen and oxygen atoms in total. The molecule has 0 amide bonds. The van der Waals surface area contributed by atoms with Crippen LogP contribution in [0.25, 0.3) is 77.9 Å².